The second-order valence-corrected chi connectivity index (χ2v) is 6.16. The zero-order chi connectivity index (χ0) is 15.5. The number of hydrogen-bond donors (Lipinski definition) is 0. The first-order valence-electron chi connectivity index (χ1n) is 7.05. The van der Waals surface area contributed by atoms with Crippen LogP contribution in [0.25, 0.3) is 0 Å². The van der Waals surface area contributed by atoms with Gasteiger partial charge in [0.05, 0.1) is 19.5 Å². The molecule has 0 aromatic heterocycles. The Hall–Kier alpha value is -2.04. The zero-order valence-corrected chi connectivity index (χ0v) is 12.7. The van der Waals surface area contributed by atoms with Gasteiger partial charge in [0.2, 0.25) is 0 Å². The quantitative estimate of drug-likeness (QED) is 0.802. The van der Waals surface area contributed by atoms with Crippen LogP contribution >= 0.6 is 0 Å². The predicted molar refractivity (Wildman–Crippen MR) is 77.8 cm³/mol. The summed E-state index contributed by atoms with van der Waals surface area (Å²) in [7, 11) is 0. The minimum absolute atomic E-state index is 0.228. The summed E-state index contributed by atoms with van der Waals surface area (Å²) >= 11 is 0. The number of amides is 1. The molecule has 114 valence electrons. The van der Waals surface area contributed by atoms with Crippen LogP contribution < -0.4 is 0 Å². The molecule has 0 radical (unpaired) electrons. The molecule has 1 fully saturated rings. The molecular formula is C16H21NO4. The molecule has 0 unspecified atom stereocenters. The van der Waals surface area contributed by atoms with E-state index < -0.39 is 5.60 Å². The van der Waals surface area contributed by atoms with E-state index in [1.165, 1.54) is 4.90 Å². The molecule has 1 aromatic carbocycles. The molecule has 5 nitrogen and oxygen atoms in total. The number of esters is 1. The van der Waals surface area contributed by atoms with Crippen LogP contribution in [0.2, 0.25) is 0 Å². The van der Waals surface area contributed by atoms with Crippen LogP contribution in [0, 0.1) is 0 Å². The number of carbonyl (C=O) groups excluding carboxylic acids is 2. The van der Waals surface area contributed by atoms with Crippen LogP contribution in [0.1, 0.15) is 26.3 Å². The molecular weight excluding hydrogens is 270 g/mol. The van der Waals surface area contributed by atoms with Crippen LogP contribution in [0.5, 0.6) is 0 Å². The maximum atomic E-state index is 11.8. The molecule has 1 aliphatic rings. The standard InChI is InChI=1S/C16H21NO4/c1-16(2,3)21-15(19)17-10-13(11-17)20-14(18)9-12-7-5-4-6-8-12/h4-8,13H,9-11H2,1-3H3. The highest BCUT2D eigenvalue weighted by atomic mass is 16.6. The predicted octanol–water partition coefficient (Wildman–Crippen LogP) is 2.39. The molecule has 0 bridgehead atoms. The van der Waals surface area contributed by atoms with Crippen molar-refractivity contribution in [3.05, 3.63) is 35.9 Å². The van der Waals surface area contributed by atoms with Crippen molar-refractivity contribution in [3.8, 4) is 0 Å². The minimum atomic E-state index is -0.508. The Balaban J connectivity index is 1.71. The van der Waals surface area contributed by atoms with Gasteiger partial charge in [-0.1, -0.05) is 30.3 Å². The van der Waals surface area contributed by atoms with Crippen molar-refractivity contribution in [2.45, 2.75) is 38.9 Å². The second kappa shape index (κ2) is 6.16. The van der Waals surface area contributed by atoms with Crippen molar-refractivity contribution in [3.63, 3.8) is 0 Å². The molecule has 0 aliphatic carbocycles. The fourth-order valence-corrected chi connectivity index (χ4v) is 1.98. The minimum Gasteiger partial charge on any atom is -0.458 e. The van der Waals surface area contributed by atoms with Gasteiger partial charge in [0.1, 0.15) is 11.7 Å². The lowest BCUT2D eigenvalue weighted by atomic mass is 10.1. The van der Waals surface area contributed by atoms with E-state index in [1.807, 2.05) is 51.1 Å². The van der Waals surface area contributed by atoms with Crippen molar-refractivity contribution < 1.29 is 19.1 Å². The summed E-state index contributed by atoms with van der Waals surface area (Å²) in [6.45, 7) is 6.26. The van der Waals surface area contributed by atoms with Crippen molar-refractivity contribution in [1.82, 2.24) is 4.90 Å². The van der Waals surface area contributed by atoms with E-state index in [0.29, 0.717) is 13.1 Å². The Kier molecular flexibility index (Phi) is 4.50. The summed E-state index contributed by atoms with van der Waals surface area (Å²) in [5, 5.41) is 0. The number of hydrogen-bond acceptors (Lipinski definition) is 4. The van der Waals surface area contributed by atoms with Gasteiger partial charge in [0, 0.05) is 0 Å². The molecule has 1 amide bonds. The zero-order valence-electron chi connectivity index (χ0n) is 12.7. The van der Waals surface area contributed by atoms with E-state index in [0.717, 1.165) is 5.56 Å². The second-order valence-electron chi connectivity index (χ2n) is 6.16. The van der Waals surface area contributed by atoms with Crippen LogP contribution in [0.4, 0.5) is 4.79 Å². The monoisotopic (exact) mass is 291 g/mol. The van der Waals surface area contributed by atoms with E-state index in [4.69, 9.17) is 9.47 Å². The molecule has 0 spiro atoms. The first-order chi connectivity index (χ1) is 9.83. The number of rotatable bonds is 3. The van der Waals surface area contributed by atoms with E-state index in [9.17, 15) is 9.59 Å². The van der Waals surface area contributed by atoms with Gasteiger partial charge in [0.25, 0.3) is 0 Å². The molecule has 0 N–H and O–H groups in total. The Labute approximate surface area is 124 Å². The number of ether oxygens (including phenoxy) is 2. The van der Waals surface area contributed by atoms with Crippen LogP contribution in [0.15, 0.2) is 30.3 Å². The average molecular weight is 291 g/mol. The lowest BCUT2D eigenvalue weighted by Gasteiger charge is -2.38. The SMILES string of the molecule is CC(C)(C)OC(=O)N1CC(OC(=O)Cc2ccccc2)C1. The van der Waals surface area contributed by atoms with Crippen molar-refractivity contribution in [2.24, 2.45) is 0 Å². The van der Waals surface area contributed by atoms with Gasteiger partial charge in [-0.15, -0.1) is 0 Å². The number of likely N-dealkylation sites (tertiary alicyclic amines) is 1. The van der Waals surface area contributed by atoms with Gasteiger partial charge in [-0.2, -0.15) is 0 Å². The first kappa shape index (κ1) is 15.4. The first-order valence-corrected chi connectivity index (χ1v) is 7.05. The molecule has 21 heavy (non-hydrogen) atoms. The molecule has 5 heteroatoms. The highest BCUT2D eigenvalue weighted by Crippen LogP contribution is 2.17. The van der Waals surface area contributed by atoms with Gasteiger partial charge in [0.15, 0.2) is 0 Å². The van der Waals surface area contributed by atoms with Crippen LogP contribution in [-0.2, 0) is 20.7 Å². The van der Waals surface area contributed by atoms with Crippen LogP contribution in [-0.4, -0.2) is 41.8 Å². The maximum Gasteiger partial charge on any atom is 0.410 e. The summed E-state index contributed by atoms with van der Waals surface area (Å²) in [6.07, 6.45) is -0.337. The molecule has 1 aliphatic heterocycles. The van der Waals surface area contributed by atoms with Crippen LogP contribution in [0.3, 0.4) is 0 Å². The van der Waals surface area contributed by atoms with Gasteiger partial charge in [-0.3, -0.25) is 4.79 Å². The fraction of sp³-hybridized carbons (Fsp3) is 0.500. The summed E-state index contributed by atoms with van der Waals surface area (Å²) < 4.78 is 10.5. The Morgan fingerprint density at radius 2 is 1.81 bits per heavy atom. The number of nitrogens with zero attached hydrogens (tertiary/aromatic N) is 1. The lowest BCUT2D eigenvalue weighted by Crippen LogP contribution is -2.56. The summed E-state index contributed by atoms with van der Waals surface area (Å²) in [5.74, 6) is -0.268. The third-order valence-corrected chi connectivity index (χ3v) is 2.99. The topological polar surface area (TPSA) is 55.8 Å². The summed E-state index contributed by atoms with van der Waals surface area (Å²) in [6, 6.07) is 9.44. The van der Waals surface area contributed by atoms with Crippen molar-refractivity contribution in [2.75, 3.05) is 13.1 Å². The lowest BCUT2D eigenvalue weighted by molar-refractivity contribution is -0.156. The Bertz CT molecular complexity index is 501. The third-order valence-electron chi connectivity index (χ3n) is 2.99. The Morgan fingerprint density at radius 1 is 1.19 bits per heavy atom. The molecule has 1 aromatic rings. The smallest absolute Gasteiger partial charge is 0.410 e. The van der Waals surface area contributed by atoms with E-state index in [-0.39, 0.29) is 24.6 Å². The molecule has 0 saturated carbocycles. The maximum absolute atomic E-state index is 11.8. The van der Waals surface area contributed by atoms with Crippen molar-refractivity contribution in [1.29, 1.82) is 0 Å². The molecule has 2 rings (SSSR count). The average Bonchev–Trinajstić information content (AvgIpc) is 2.32. The highest BCUT2D eigenvalue weighted by Gasteiger charge is 2.35. The van der Waals surface area contributed by atoms with Gasteiger partial charge < -0.3 is 14.4 Å². The largest absolute Gasteiger partial charge is 0.458 e. The number of benzene rings is 1. The van der Waals surface area contributed by atoms with Gasteiger partial charge in [-0.25, -0.2) is 4.79 Å². The van der Waals surface area contributed by atoms with E-state index >= 15 is 0 Å². The fourth-order valence-electron chi connectivity index (χ4n) is 1.98. The highest BCUT2D eigenvalue weighted by molar-refractivity contribution is 5.73. The third kappa shape index (κ3) is 4.77. The van der Waals surface area contributed by atoms with Gasteiger partial charge >= 0.3 is 12.1 Å². The van der Waals surface area contributed by atoms with E-state index in [1.54, 1.807) is 0 Å². The molecule has 1 heterocycles. The summed E-state index contributed by atoms with van der Waals surface area (Å²) in [4.78, 5) is 25.0. The van der Waals surface area contributed by atoms with Crippen molar-refractivity contribution >= 4 is 12.1 Å². The normalized spacial score (nSPS) is 15.3. The van der Waals surface area contributed by atoms with Gasteiger partial charge in [-0.05, 0) is 26.3 Å². The molecule has 0 atom stereocenters. The van der Waals surface area contributed by atoms with E-state index in [2.05, 4.69) is 0 Å². The number of carbonyl (C=O) groups is 2. The Morgan fingerprint density at radius 3 is 2.38 bits per heavy atom. The summed E-state index contributed by atoms with van der Waals surface area (Å²) in [5.41, 5.74) is 0.414. The molecule has 1 saturated heterocycles.